The van der Waals surface area contributed by atoms with Crippen molar-refractivity contribution in [1.82, 2.24) is 30.6 Å². The minimum atomic E-state index is -4.59. The summed E-state index contributed by atoms with van der Waals surface area (Å²) in [5, 5.41) is 26.2. The first-order valence-corrected chi connectivity index (χ1v) is 14.0. The standard InChI is InChI=1S/C23H26F3N5O2.C5H3ClN2O2/c24-23(25,26)18-7-2-1-6-17(18)22(33)31-14-12-30(13-15-31)20-9-8-19(28-29-20)21(32)27-11-10-16-4-3-5-16;6-4-2-1-3(5(9)10)7-8-4/h1-2,6-9,16H,3-5,10-15H2,(H,27,32);1-2H,(H,9,10). The van der Waals surface area contributed by atoms with E-state index in [1.807, 2.05) is 4.90 Å². The molecular formula is C28H29ClF3N7O4. The smallest absolute Gasteiger partial charge is 0.417 e. The molecule has 0 bridgehead atoms. The zero-order chi connectivity index (χ0) is 31.0. The molecule has 1 aromatic carbocycles. The normalized spacial score (nSPS) is 15.2. The van der Waals surface area contributed by atoms with Gasteiger partial charge in [0.1, 0.15) is 0 Å². The average Bonchev–Trinajstić information content (AvgIpc) is 2.98. The highest BCUT2D eigenvalue weighted by atomic mass is 35.5. The number of benzene rings is 1. The molecular weight excluding hydrogens is 591 g/mol. The van der Waals surface area contributed by atoms with Crippen LogP contribution in [0.5, 0.6) is 0 Å². The summed E-state index contributed by atoms with van der Waals surface area (Å²) in [6.45, 7) is 1.95. The van der Waals surface area contributed by atoms with Gasteiger partial charge in [-0.1, -0.05) is 43.0 Å². The van der Waals surface area contributed by atoms with Crippen molar-refractivity contribution in [2.24, 2.45) is 5.92 Å². The first-order valence-electron chi connectivity index (χ1n) is 13.6. The Balaban J connectivity index is 0.000000359. The number of nitrogens with zero attached hydrogens (tertiary/aromatic N) is 6. The van der Waals surface area contributed by atoms with Gasteiger partial charge in [-0.15, -0.1) is 20.4 Å². The van der Waals surface area contributed by atoms with E-state index >= 15 is 0 Å². The van der Waals surface area contributed by atoms with Crippen molar-refractivity contribution < 1.29 is 32.7 Å². The Morgan fingerprint density at radius 3 is 2.14 bits per heavy atom. The fourth-order valence-electron chi connectivity index (χ4n) is 4.53. The molecule has 3 heterocycles. The number of carbonyl (C=O) groups excluding carboxylic acids is 2. The van der Waals surface area contributed by atoms with E-state index in [1.54, 1.807) is 12.1 Å². The molecule has 43 heavy (non-hydrogen) atoms. The largest absolute Gasteiger partial charge is 0.476 e. The quantitative estimate of drug-likeness (QED) is 0.398. The second kappa shape index (κ2) is 14.2. The van der Waals surface area contributed by atoms with Gasteiger partial charge in [-0.25, -0.2) is 4.79 Å². The maximum absolute atomic E-state index is 13.2. The van der Waals surface area contributed by atoms with Crippen LogP contribution in [0.3, 0.4) is 0 Å². The third-order valence-electron chi connectivity index (χ3n) is 7.15. The molecule has 2 aliphatic rings. The van der Waals surface area contributed by atoms with E-state index in [4.69, 9.17) is 16.7 Å². The Hall–Kier alpha value is -4.33. The molecule has 5 rings (SSSR count). The molecule has 0 atom stereocenters. The monoisotopic (exact) mass is 619 g/mol. The Kier molecular flexibility index (Phi) is 10.5. The highest BCUT2D eigenvalue weighted by Gasteiger charge is 2.36. The topological polar surface area (TPSA) is 142 Å². The van der Waals surface area contributed by atoms with E-state index in [-0.39, 0.29) is 41.1 Å². The lowest BCUT2D eigenvalue weighted by molar-refractivity contribution is -0.138. The SMILES string of the molecule is O=C(NCCC1CCC1)c1ccc(N2CCN(C(=O)c3ccccc3C(F)(F)F)CC2)nn1.O=C(O)c1ccc(Cl)nn1. The van der Waals surface area contributed by atoms with Gasteiger partial charge in [0.2, 0.25) is 0 Å². The summed E-state index contributed by atoms with van der Waals surface area (Å²) in [5.74, 6) is -0.728. The van der Waals surface area contributed by atoms with Crippen molar-refractivity contribution in [2.45, 2.75) is 31.9 Å². The van der Waals surface area contributed by atoms with Crippen molar-refractivity contribution in [1.29, 1.82) is 0 Å². The van der Waals surface area contributed by atoms with Gasteiger partial charge in [0, 0.05) is 32.7 Å². The minimum absolute atomic E-state index is 0.107. The summed E-state index contributed by atoms with van der Waals surface area (Å²) >= 11 is 5.35. The van der Waals surface area contributed by atoms with Gasteiger partial charge >= 0.3 is 12.1 Å². The van der Waals surface area contributed by atoms with Crippen LogP contribution in [0.4, 0.5) is 19.0 Å². The number of halogens is 4. The predicted octanol–water partition coefficient (Wildman–Crippen LogP) is 4.21. The number of anilines is 1. The van der Waals surface area contributed by atoms with E-state index in [2.05, 4.69) is 25.7 Å². The molecule has 1 saturated carbocycles. The third kappa shape index (κ3) is 8.60. The summed E-state index contributed by atoms with van der Waals surface area (Å²) in [6.07, 6.45) is 0.133. The van der Waals surface area contributed by atoms with Crippen LogP contribution >= 0.6 is 11.6 Å². The van der Waals surface area contributed by atoms with Crippen LogP contribution in [0, 0.1) is 5.92 Å². The van der Waals surface area contributed by atoms with Gasteiger partial charge in [-0.3, -0.25) is 9.59 Å². The van der Waals surface area contributed by atoms with Crippen molar-refractivity contribution in [2.75, 3.05) is 37.6 Å². The summed E-state index contributed by atoms with van der Waals surface area (Å²) in [7, 11) is 0. The fraction of sp³-hybridized carbons (Fsp3) is 0.393. The lowest BCUT2D eigenvalue weighted by Crippen LogP contribution is -2.49. The predicted molar refractivity (Wildman–Crippen MR) is 150 cm³/mol. The Morgan fingerprint density at radius 2 is 1.58 bits per heavy atom. The van der Waals surface area contributed by atoms with E-state index in [0.717, 1.165) is 12.5 Å². The number of hydrogen-bond donors (Lipinski definition) is 2. The average molecular weight is 620 g/mol. The van der Waals surface area contributed by atoms with Crippen molar-refractivity contribution in [3.63, 3.8) is 0 Å². The summed E-state index contributed by atoms with van der Waals surface area (Å²) in [5.41, 5.74) is -1.13. The fourth-order valence-corrected chi connectivity index (χ4v) is 4.63. The lowest BCUT2D eigenvalue weighted by Gasteiger charge is -2.35. The number of aromatic carboxylic acids is 1. The molecule has 0 radical (unpaired) electrons. The molecule has 0 unspecified atom stereocenters. The van der Waals surface area contributed by atoms with E-state index in [1.165, 1.54) is 54.5 Å². The molecule has 228 valence electrons. The van der Waals surface area contributed by atoms with Gasteiger partial charge in [0.25, 0.3) is 11.8 Å². The zero-order valence-corrected chi connectivity index (χ0v) is 23.7. The van der Waals surface area contributed by atoms with Crippen LogP contribution in [0.2, 0.25) is 5.15 Å². The van der Waals surface area contributed by atoms with Gasteiger partial charge in [-0.05, 0) is 48.7 Å². The molecule has 11 nitrogen and oxygen atoms in total. The van der Waals surface area contributed by atoms with Gasteiger partial charge < -0.3 is 20.2 Å². The van der Waals surface area contributed by atoms with E-state index in [9.17, 15) is 27.6 Å². The molecule has 2 aromatic heterocycles. The zero-order valence-electron chi connectivity index (χ0n) is 22.9. The summed E-state index contributed by atoms with van der Waals surface area (Å²) in [4.78, 5) is 38.4. The Morgan fingerprint density at radius 1 is 0.907 bits per heavy atom. The summed E-state index contributed by atoms with van der Waals surface area (Å²) < 4.78 is 39.7. The van der Waals surface area contributed by atoms with Gasteiger partial charge in [0.05, 0.1) is 11.1 Å². The number of amides is 2. The van der Waals surface area contributed by atoms with Crippen LogP contribution < -0.4 is 10.2 Å². The number of rotatable bonds is 7. The van der Waals surface area contributed by atoms with Crippen LogP contribution in [0.25, 0.3) is 0 Å². The second-order valence-electron chi connectivity index (χ2n) is 9.99. The maximum atomic E-state index is 13.2. The van der Waals surface area contributed by atoms with Crippen molar-refractivity contribution in [3.8, 4) is 0 Å². The maximum Gasteiger partial charge on any atom is 0.417 e. The second-order valence-corrected chi connectivity index (χ2v) is 10.4. The van der Waals surface area contributed by atoms with Gasteiger partial charge in [-0.2, -0.15) is 13.2 Å². The van der Waals surface area contributed by atoms with E-state index < -0.39 is 23.6 Å². The molecule has 2 fully saturated rings. The summed E-state index contributed by atoms with van der Waals surface area (Å²) in [6, 6.07) is 10.8. The number of carbonyl (C=O) groups is 3. The molecule has 3 aromatic rings. The van der Waals surface area contributed by atoms with Crippen LogP contribution in [-0.2, 0) is 6.18 Å². The van der Waals surface area contributed by atoms with Gasteiger partial charge in [0.15, 0.2) is 22.4 Å². The number of hydrogen-bond acceptors (Lipinski definition) is 8. The minimum Gasteiger partial charge on any atom is -0.476 e. The number of nitrogens with one attached hydrogen (secondary N) is 1. The number of aromatic nitrogens is 4. The molecule has 1 aliphatic heterocycles. The Bertz CT molecular complexity index is 1410. The third-order valence-corrected chi connectivity index (χ3v) is 7.35. The van der Waals surface area contributed by atoms with E-state index in [0.29, 0.717) is 31.4 Å². The van der Waals surface area contributed by atoms with Crippen LogP contribution in [0.1, 0.15) is 62.6 Å². The number of piperazine rings is 1. The molecule has 2 amide bonds. The molecule has 1 aliphatic carbocycles. The molecule has 2 N–H and O–H groups in total. The lowest BCUT2D eigenvalue weighted by atomic mass is 9.83. The van der Waals surface area contributed by atoms with Crippen molar-refractivity contribution in [3.05, 3.63) is 76.2 Å². The number of carboxylic acid groups (broad SMARTS) is 1. The highest BCUT2D eigenvalue weighted by molar-refractivity contribution is 6.29. The first kappa shape index (κ1) is 31.6. The Labute approximate surface area is 250 Å². The first-order chi connectivity index (χ1) is 20.5. The van der Waals surface area contributed by atoms with Crippen molar-refractivity contribution >= 4 is 35.2 Å². The van der Waals surface area contributed by atoms with Crippen LogP contribution in [0.15, 0.2) is 48.5 Å². The molecule has 15 heteroatoms. The number of carboxylic acids is 1. The van der Waals surface area contributed by atoms with Crippen LogP contribution in [-0.4, -0.2) is 80.9 Å². The molecule has 1 saturated heterocycles. The highest BCUT2D eigenvalue weighted by Crippen LogP contribution is 2.32. The molecule has 0 spiro atoms. The number of alkyl halides is 3.